The first-order valence-electron chi connectivity index (χ1n) is 1.83. The van der Waals surface area contributed by atoms with Crippen LogP contribution < -0.4 is 0 Å². The summed E-state index contributed by atoms with van der Waals surface area (Å²) in [7, 11) is 0. The second-order valence-electron chi connectivity index (χ2n) is 1.27. The van der Waals surface area contributed by atoms with Gasteiger partial charge in [0.1, 0.15) is 5.83 Å². The Morgan fingerprint density at radius 3 is 2.00 bits per heavy atom. The quantitative estimate of drug-likeness (QED) is 0.497. The van der Waals surface area contributed by atoms with Crippen molar-refractivity contribution in [2.45, 2.75) is 12.3 Å². The fourth-order valence-electron chi connectivity index (χ4n) is 0.226. The van der Waals surface area contributed by atoms with Crippen LogP contribution in [-0.4, -0.2) is 5.38 Å². The van der Waals surface area contributed by atoms with Gasteiger partial charge in [-0.15, -0.1) is 0 Å². The summed E-state index contributed by atoms with van der Waals surface area (Å²) in [6.45, 7) is 0.899. The average Bonchev–Trinajstić information content (AvgIpc) is 1.21. The Hall–Kier alpha value is -0.180. The monoisotopic (exact) mass is 144 g/mol. The molecule has 0 aliphatic heterocycles. The first-order valence-corrected chi connectivity index (χ1v) is 2.21. The number of rotatable bonds is 1. The van der Waals surface area contributed by atoms with Crippen LogP contribution in [-0.2, 0) is 0 Å². The Labute approximate surface area is 49.9 Å². The van der Waals surface area contributed by atoms with Gasteiger partial charge in [0, 0.05) is 6.08 Å². The minimum Gasteiger partial charge on any atom is -0.212 e. The molecule has 0 spiro atoms. The smallest absolute Gasteiger partial charge is 0.212 e. The molecular weight excluding hydrogens is 140 g/mol. The van der Waals surface area contributed by atoms with E-state index in [1.807, 2.05) is 0 Å². The molecule has 0 fully saturated rings. The van der Waals surface area contributed by atoms with E-state index in [9.17, 15) is 13.2 Å². The molecule has 48 valence electrons. The van der Waals surface area contributed by atoms with Crippen LogP contribution in [0.5, 0.6) is 0 Å². The van der Waals surface area contributed by atoms with E-state index in [0.717, 1.165) is 6.92 Å². The molecule has 0 N–H and O–H groups in total. The zero-order valence-electron chi connectivity index (χ0n) is 4.09. The molecule has 0 nitrogen and oxygen atoms in total. The zero-order chi connectivity index (χ0) is 6.78. The van der Waals surface area contributed by atoms with E-state index < -0.39 is 11.2 Å². The van der Waals surface area contributed by atoms with Gasteiger partial charge in [0.15, 0.2) is 0 Å². The molecule has 0 rings (SSSR count). The molecule has 0 heterocycles. The Morgan fingerprint density at radius 2 is 2.00 bits per heavy atom. The molecule has 0 unspecified atom stereocenters. The number of hydrogen-bond donors (Lipinski definition) is 0. The normalized spacial score (nSPS) is 14.4. The highest BCUT2D eigenvalue weighted by Crippen LogP contribution is 2.21. The van der Waals surface area contributed by atoms with Gasteiger partial charge in [0.25, 0.3) is 0 Å². The lowest BCUT2D eigenvalue weighted by atomic mass is 10.5. The van der Waals surface area contributed by atoms with E-state index in [1.165, 1.54) is 0 Å². The van der Waals surface area contributed by atoms with E-state index in [1.54, 1.807) is 0 Å². The van der Waals surface area contributed by atoms with Crippen LogP contribution in [0.4, 0.5) is 13.2 Å². The number of halogens is 4. The summed E-state index contributed by atoms with van der Waals surface area (Å²) in [4.78, 5) is 0. The second-order valence-corrected chi connectivity index (χ2v) is 1.78. The maximum atomic E-state index is 11.5. The van der Waals surface area contributed by atoms with Crippen molar-refractivity contribution in [2.75, 3.05) is 0 Å². The van der Waals surface area contributed by atoms with Crippen molar-refractivity contribution in [1.82, 2.24) is 0 Å². The lowest BCUT2D eigenvalue weighted by Gasteiger charge is -1.97. The highest BCUT2D eigenvalue weighted by atomic mass is 35.5. The SMILES string of the molecule is C/C(F)=C/C(F)(F)Cl. The Balaban J connectivity index is 3.89. The molecule has 0 saturated heterocycles. The molecule has 8 heavy (non-hydrogen) atoms. The van der Waals surface area contributed by atoms with E-state index in [4.69, 9.17) is 0 Å². The number of alkyl halides is 3. The van der Waals surface area contributed by atoms with Gasteiger partial charge in [0.2, 0.25) is 0 Å². The van der Waals surface area contributed by atoms with Crippen LogP contribution >= 0.6 is 11.6 Å². The van der Waals surface area contributed by atoms with Crippen LogP contribution in [0.1, 0.15) is 6.92 Å². The molecule has 0 atom stereocenters. The molecule has 0 aliphatic carbocycles. The minimum atomic E-state index is -3.54. The van der Waals surface area contributed by atoms with E-state index in [2.05, 4.69) is 11.6 Å². The van der Waals surface area contributed by atoms with Crippen LogP contribution in [0, 0.1) is 0 Å². The lowest BCUT2D eigenvalue weighted by Crippen LogP contribution is -1.98. The fourth-order valence-corrected chi connectivity index (χ4v) is 0.376. The van der Waals surface area contributed by atoms with E-state index in [-0.39, 0.29) is 6.08 Å². The lowest BCUT2D eigenvalue weighted by molar-refractivity contribution is 0.150. The molecule has 0 aliphatic rings. The van der Waals surface area contributed by atoms with Gasteiger partial charge in [-0.1, -0.05) is 0 Å². The topological polar surface area (TPSA) is 0 Å². The highest BCUT2D eigenvalue weighted by molar-refractivity contribution is 6.22. The summed E-state index contributed by atoms with van der Waals surface area (Å²) in [5.74, 6) is -0.981. The van der Waals surface area contributed by atoms with Gasteiger partial charge in [-0.25, -0.2) is 4.39 Å². The third kappa shape index (κ3) is 5.82. The second kappa shape index (κ2) is 2.40. The van der Waals surface area contributed by atoms with Gasteiger partial charge in [-0.05, 0) is 18.5 Å². The van der Waals surface area contributed by atoms with Gasteiger partial charge in [-0.3, -0.25) is 0 Å². The largest absolute Gasteiger partial charge is 0.344 e. The predicted molar refractivity (Wildman–Crippen MR) is 25.7 cm³/mol. The van der Waals surface area contributed by atoms with Crippen molar-refractivity contribution in [1.29, 1.82) is 0 Å². The van der Waals surface area contributed by atoms with Gasteiger partial charge in [-0.2, -0.15) is 8.78 Å². The summed E-state index contributed by atoms with van der Waals surface area (Å²) >= 11 is 4.28. The summed E-state index contributed by atoms with van der Waals surface area (Å²) in [6.07, 6.45) is 0.0363. The molecule has 0 aromatic carbocycles. The molecule has 0 amide bonds. The molecule has 0 aromatic heterocycles. The Kier molecular flexibility index (Phi) is 2.34. The maximum Gasteiger partial charge on any atom is 0.344 e. The first-order chi connectivity index (χ1) is 3.42. The Bertz CT molecular complexity index is 98.3. The van der Waals surface area contributed by atoms with Gasteiger partial charge >= 0.3 is 5.38 Å². The number of allylic oxidation sites excluding steroid dienone is 2. The summed E-state index contributed by atoms with van der Waals surface area (Å²) in [5.41, 5.74) is 0. The van der Waals surface area contributed by atoms with Crippen LogP contribution in [0.25, 0.3) is 0 Å². The number of hydrogen-bond acceptors (Lipinski definition) is 0. The van der Waals surface area contributed by atoms with Crippen molar-refractivity contribution < 1.29 is 13.2 Å². The van der Waals surface area contributed by atoms with E-state index in [0.29, 0.717) is 0 Å². The van der Waals surface area contributed by atoms with Crippen molar-refractivity contribution in [3.05, 3.63) is 11.9 Å². The van der Waals surface area contributed by atoms with Crippen molar-refractivity contribution in [3.63, 3.8) is 0 Å². The van der Waals surface area contributed by atoms with Gasteiger partial charge in [0.05, 0.1) is 0 Å². The molecule has 0 radical (unpaired) electrons. The summed E-state index contributed by atoms with van der Waals surface area (Å²) in [6, 6.07) is 0. The Morgan fingerprint density at radius 1 is 1.62 bits per heavy atom. The van der Waals surface area contributed by atoms with Crippen molar-refractivity contribution >= 4 is 11.6 Å². The standard InChI is InChI=1S/C4H4ClF3/c1-3(6)2-4(5,7)8/h2H,1H3/b3-2-. The molecule has 4 heteroatoms. The van der Waals surface area contributed by atoms with Crippen LogP contribution in [0.15, 0.2) is 11.9 Å². The first kappa shape index (κ1) is 7.82. The molecular formula is C4H4ClF3. The van der Waals surface area contributed by atoms with E-state index >= 15 is 0 Å². The molecule has 0 aromatic rings. The molecule has 0 bridgehead atoms. The highest BCUT2D eigenvalue weighted by Gasteiger charge is 2.20. The van der Waals surface area contributed by atoms with Crippen molar-refractivity contribution in [3.8, 4) is 0 Å². The third-order valence-electron chi connectivity index (χ3n) is 0.363. The van der Waals surface area contributed by atoms with Crippen molar-refractivity contribution in [2.24, 2.45) is 0 Å². The summed E-state index contributed by atoms with van der Waals surface area (Å²) < 4.78 is 34.3. The van der Waals surface area contributed by atoms with Crippen LogP contribution in [0.2, 0.25) is 0 Å². The van der Waals surface area contributed by atoms with Gasteiger partial charge < -0.3 is 0 Å². The summed E-state index contributed by atoms with van der Waals surface area (Å²) in [5, 5.41) is -3.54. The maximum absolute atomic E-state index is 11.5. The zero-order valence-corrected chi connectivity index (χ0v) is 4.85. The minimum absolute atomic E-state index is 0.0363. The average molecular weight is 145 g/mol. The predicted octanol–water partition coefficient (Wildman–Crippen LogP) is 2.69. The fraction of sp³-hybridized carbons (Fsp3) is 0.500. The third-order valence-corrected chi connectivity index (χ3v) is 0.472. The van der Waals surface area contributed by atoms with Crippen LogP contribution in [0.3, 0.4) is 0 Å². The molecule has 0 saturated carbocycles.